The Morgan fingerprint density at radius 2 is 2.09 bits per heavy atom. The molecule has 0 bridgehead atoms. The number of nitrogens with zero attached hydrogens (tertiary/aromatic N) is 2. The minimum Gasteiger partial charge on any atom is -0.356 e. The van der Waals surface area contributed by atoms with E-state index in [0.717, 1.165) is 22.6 Å². The van der Waals surface area contributed by atoms with E-state index in [1.54, 1.807) is 0 Å². The molecular formula is C15H18N4OS2. The number of amides is 1. The van der Waals surface area contributed by atoms with Gasteiger partial charge in [-0.25, -0.2) is 0 Å². The lowest BCUT2D eigenvalue weighted by molar-refractivity contribution is -0.118. The summed E-state index contributed by atoms with van der Waals surface area (Å²) in [7, 11) is 0. The summed E-state index contributed by atoms with van der Waals surface area (Å²) >= 11 is 2.92. The lowest BCUT2D eigenvalue weighted by Gasteiger charge is -2.02. The summed E-state index contributed by atoms with van der Waals surface area (Å²) in [6.45, 7) is 1.54. The summed E-state index contributed by atoms with van der Waals surface area (Å²) in [4.78, 5) is 11.7. The molecule has 0 aliphatic heterocycles. The summed E-state index contributed by atoms with van der Waals surface area (Å²) in [5, 5.41) is 15.2. The topological polar surface area (TPSA) is 66.9 Å². The predicted octanol–water partition coefficient (Wildman–Crippen LogP) is 2.77. The van der Waals surface area contributed by atoms with E-state index in [1.165, 1.54) is 41.5 Å². The molecule has 5 nitrogen and oxygen atoms in total. The Morgan fingerprint density at radius 1 is 1.27 bits per heavy atom. The van der Waals surface area contributed by atoms with Gasteiger partial charge >= 0.3 is 0 Å². The molecule has 0 saturated heterocycles. The van der Waals surface area contributed by atoms with Crippen LogP contribution in [0.4, 0.5) is 5.13 Å². The highest BCUT2D eigenvalue weighted by Crippen LogP contribution is 2.28. The van der Waals surface area contributed by atoms with Crippen LogP contribution in [0, 0.1) is 5.92 Å². The lowest BCUT2D eigenvalue weighted by Crippen LogP contribution is -2.27. The number of aromatic nitrogens is 2. The molecule has 1 aromatic carbocycles. The van der Waals surface area contributed by atoms with E-state index < -0.39 is 0 Å². The molecule has 1 heterocycles. The Kier molecular flexibility index (Phi) is 5.29. The average molecular weight is 334 g/mol. The van der Waals surface area contributed by atoms with Crippen LogP contribution in [0.15, 0.2) is 34.7 Å². The first-order valence-electron chi connectivity index (χ1n) is 7.30. The highest BCUT2D eigenvalue weighted by molar-refractivity contribution is 8.01. The van der Waals surface area contributed by atoms with Crippen molar-refractivity contribution in [3.63, 3.8) is 0 Å². The molecule has 1 aliphatic rings. The van der Waals surface area contributed by atoms with Crippen molar-refractivity contribution in [3.8, 4) is 0 Å². The molecule has 2 N–H and O–H groups in total. The van der Waals surface area contributed by atoms with Gasteiger partial charge in [0, 0.05) is 13.1 Å². The molecule has 0 spiro atoms. The summed E-state index contributed by atoms with van der Waals surface area (Å²) in [6.07, 6.45) is 2.50. The van der Waals surface area contributed by atoms with Crippen molar-refractivity contribution < 1.29 is 4.79 Å². The molecule has 3 rings (SSSR count). The highest BCUT2D eigenvalue weighted by Gasteiger charge is 2.21. The van der Waals surface area contributed by atoms with Crippen molar-refractivity contribution in [3.05, 3.63) is 35.9 Å². The molecule has 1 amide bonds. The first-order chi connectivity index (χ1) is 10.8. The molecule has 7 heteroatoms. The van der Waals surface area contributed by atoms with Gasteiger partial charge in [0.1, 0.15) is 0 Å². The third-order valence-corrected chi connectivity index (χ3v) is 5.32. The van der Waals surface area contributed by atoms with E-state index in [4.69, 9.17) is 0 Å². The molecule has 0 radical (unpaired) electrons. The molecule has 1 aliphatic carbocycles. The fraction of sp³-hybridized carbons (Fsp3) is 0.400. The van der Waals surface area contributed by atoms with Crippen LogP contribution in [0.5, 0.6) is 0 Å². The first kappa shape index (κ1) is 15.3. The van der Waals surface area contributed by atoms with Gasteiger partial charge in [0.15, 0.2) is 4.34 Å². The second kappa shape index (κ2) is 7.60. The van der Waals surface area contributed by atoms with Crippen LogP contribution < -0.4 is 10.6 Å². The van der Waals surface area contributed by atoms with Crippen LogP contribution >= 0.6 is 23.1 Å². The van der Waals surface area contributed by atoms with Crippen LogP contribution in [-0.2, 0) is 11.3 Å². The highest BCUT2D eigenvalue weighted by atomic mass is 32.2. The van der Waals surface area contributed by atoms with Gasteiger partial charge in [-0.1, -0.05) is 53.4 Å². The summed E-state index contributed by atoms with van der Waals surface area (Å²) in [6, 6.07) is 10.1. The zero-order valence-corrected chi connectivity index (χ0v) is 13.8. The summed E-state index contributed by atoms with van der Waals surface area (Å²) in [5.74, 6) is 1.19. The molecule has 0 unspecified atom stereocenters. The van der Waals surface area contributed by atoms with Crippen LogP contribution in [-0.4, -0.2) is 28.4 Å². The number of rotatable bonds is 8. The zero-order valence-electron chi connectivity index (χ0n) is 12.1. The number of benzene rings is 1. The van der Waals surface area contributed by atoms with Gasteiger partial charge in [-0.2, -0.15) is 0 Å². The van der Waals surface area contributed by atoms with Gasteiger partial charge in [0.2, 0.25) is 11.0 Å². The SMILES string of the molecule is O=C(CSc1nnc(NCc2ccccc2)s1)NCC1CC1. The fourth-order valence-electron chi connectivity index (χ4n) is 1.87. The van der Waals surface area contributed by atoms with Gasteiger partial charge < -0.3 is 10.6 Å². The molecule has 1 saturated carbocycles. The van der Waals surface area contributed by atoms with Gasteiger partial charge in [-0.15, -0.1) is 10.2 Å². The zero-order chi connectivity index (χ0) is 15.2. The second-order valence-electron chi connectivity index (χ2n) is 5.25. The van der Waals surface area contributed by atoms with E-state index in [2.05, 4.69) is 33.0 Å². The van der Waals surface area contributed by atoms with Crippen molar-refractivity contribution in [1.29, 1.82) is 0 Å². The van der Waals surface area contributed by atoms with Crippen molar-refractivity contribution >= 4 is 34.1 Å². The Morgan fingerprint density at radius 3 is 2.86 bits per heavy atom. The first-order valence-corrected chi connectivity index (χ1v) is 9.10. The summed E-state index contributed by atoms with van der Waals surface area (Å²) < 4.78 is 0.817. The van der Waals surface area contributed by atoms with Crippen LogP contribution in [0.3, 0.4) is 0 Å². The lowest BCUT2D eigenvalue weighted by atomic mass is 10.2. The quantitative estimate of drug-likeness (QED) is 0.727. The molecule has 0 atom stereocenters. The minimum atomic E-state index is 0.0749. The van der Waals surface area contributed by atoms with Gasteiger partial charge in [-0.05, 0) is 24.3 Å². The number of hydrogen-bond acceptors (Lipinski definition) is 6. The van der Waals surface area contributed by atoms with Crippen molar-refractivity contribution in [2.45, 2.75) is 23.7 Å². The smallest absolute Gasteiger partial charge is 0.230 e. The predicted molar refractivity (Wildman–Crippen MR) is 90.1 cm³/mol. The molecule has 22 heavy (non-hydrogen) atoms. The number of anilines is 1. The Labute approximate surface area is 137 Å². The normalized spacial score (nSPS) is 13.8. The van der Waals surface area contributed by atoms with E-state index in [0.29, 0.717) is 11.7 Å². The van der Waals surface area contributed by atoms with Gasteiger partial charge in [0.25, 0.3) is 0 Å². The molecule has 2 aromatic rings. The fourth-order valence-corrected chi connectivity index (χ4v) is 3.45. The van der Waals surface area contributed by atoms with Crippen molar-refractivity contribution in [2.75, 3.05) is 17.6 Å². The van der Waals surface area contributed by atoms with E-state index in [9.17, 15) is 4.79 Å². The maximum Gasteiger partial charge on any atom is 0.230 e. The van der Waals surface area contributed by atoms with Gasteiger partial charge in [-0.3, -0.25) is 4.79 Å². The third kappa shape index (κ3) is 4.99. The molecule has 1 aromatic heterocycles. The average Bonchev–Trinajstić information content (AvgIpc) is 3.27. The molecule has 116 valence electrons. The van der Waals surface area contributed by atoms with Gasteiger partial charge in [0.05, 0.1) is 5.75 Å². The van der Waals surface area contributed by atoms with Crippen LogP contribution in [0.2, 0.25) is 0 Å². The standard InChI is InChI=1S/C15H18N4OS2/c20-13(16-8-12-6-7-12)10-21-15-19-18-14(22-15)17-9-11-4-2-1-3-5-11/h1-5,12H,6-10H2,(H,16,20)(H,17,18). The molecular weight excluding hydrogens is 316 g/mol. The van der Waals surface area contributed by atoms with Crippen molar-refractivity contribution in [2.24, 2.45) is 5.92 Å². The second-order valence-corrected chi connectivity index (χ2v) is 7.45. The summed E-state index contributed by atoms with van der Waals surface area (Å²) in [5.41, 5.74) is 1.20. The number of carbonyl (C=O) groups is 1. The van der Waals surface area contributed by atoms with Crippen LogP contribution in [0.25, 0.3) is 0 Å². The maximum absolute atomic E-state index is 11.7. The largest absolute Gasteiger partial charge is 0.356 e. The maximum atomic E-state index is 11.7. The minimum absolute atomic E-state index is 0.0749. The monoisotopic (exact) mass is 334 g/mol. The Bertz CT molecular complexity index is 613. The number of carbonyl (C=O) groups excluding carboxylic acids is 1. The Hall–Kier alpha value is -1.60. The van der Waals surface area contributed by atoms with E-state index in [1.807, 2.05) is 18.2 Å². The van der Waals surface area contributed by atoms with E-state index in [-0.39, 0.29) is 5.91 Å². The number of thioether (sulfide) groups is 1. The van der Waals surface area contributed by atoms with Crippen molar-refractivity contribution in [1.82, 2.24) is 15.5 Å². The van der Waals surface area contributed by atoms with E-state index >= 15 is 0 Å². The van der Waals surface area contributed by atoms with Crippen LogP contribution in [0.1, 0.15) is 18.4 Å². The molecule has 1 fully saturated rings. The number of nitrogens with one attached hydrogen (secondary N) is 2. The third-order valence-electron chi connectivity index (χ3n) is 3.30. The Balaban J connectivity index is 1.39. The number of hydrogen-bond donors (Lipinski definition) is 2.